The lowest BCUT2D eigenvalue weighted by molar-refractivity contribution is -0.383. The van der Waals surface area contributed by atoms with Crippen molar-refractivity contribution in [1.29, 1.82) is 0 Å². The molecule has 0 saturated carbocycles. The molecule has 8 nitrogen and oxygen atoms in total. The van der Waals surface area contributed by atoms with Crippen LogP contribution in [-0.4, -0.2) is 41.3 Å². The number of amides is 2. The van der Waals surface area contributed by atoms with E-state index in [0.29, 0.717) is 19.4 Å². The highest BCUT2D eigenvalue weighted by atomic mass is 16.6. The van der Waals surface area contributed by atoms with Gasteiger partial charge in [-0.2, -0.15) is 0 Å². The van der Waals surface area contributed by atoms with Gasteiger partial charge in [0.25, 0.3) is 5.69 Å². The molecule has 1 heterocycles. The number of hydrogen-bond acceptors (Lipinski definition) is 5. The highest BCUT2D eigenvalue weighted by Gasteiger charge is 2.23. The zero-order chi connectivity index (χ0) is 16.8. The van der Waals surface area contributed by atoms with Crippen LogP contribution in [0.2, 0.25) is 0 Å². The van der Waals surface area contributed by atoms with Crippen LogP contribution in [-0.2, 0) is 9.59 Å². The predicted molar refractivity (Wildman–Crippen MR) is 84.7 cm³/mol. The summed E-state index contributed by atoms with van der Waals surface area (Å²) in [5.41, 5.74) is 5.36. The van der Waals surface area contributed by atoms with E-state index >= 15 is 0 Å². The van der Waals surface area contributed by atoms with Crippen molar-refractivity contribution >= 4 is 23.2 Å². The maximum atomic E-state index is 12.0. The van der Waals surface area contributed by atoms with Crippen LogP contribution in [0.4, 0.5) is 11.4 Å². The van der Waals surface area contributed by atoms with E-state index in [0.717, 1.165) is 13.1 Å². The van der Waals surface area contributed by atoms with E-state index in [1.165, 1.54) is 12.1 Å². The smallest absolute Gasteiger partial charge is 0.292 e. The van der Waals surface area contributed by atoms with Crippen LogP contribution < -0.4 is 11.1 Å². The summed E-state index contributed by atoms with van der Waals surface area (Å²) < 4.78 is 0. The lowest BCUT2D eigenvalue weighted by atomic mass is 9.96. The third kappa shape index (κ3) is 4.75. The van der Waals surface area contributed by atoms with Gasteiger partial charge in [0.15, 0.2) is 0 Å². The Morgan fingerprint density at radius 3 is 2.57 bits per heavy atom. The molecule has 0 bridgehead atoms. The minimum atomic E-state index is -0.524. The van der Waals surface area contributed by atoms with Gasteiger partial charge >= 0.3 is 0 Å². The van der Waals surface area contributed by atoms with E-state index < -0.39 is 4.92 Å². The number of benzene rings is 1. The fourth-order valence-electron chi connectivity index (χ4n) is 2.65. The first-order valence-electron chi connectivity index (χ1n) is 7.52. The second-order valence-corrected chi connectivity index (χ2v) is 5.59. The fraction of sp³-hybridized carbons (Fsp3) is 0.467. The third-order valence-corrected chi connectivity index (χ3v) is 4.02. The Morgan fingerprint density at radius 1 is 1.30 bits per heavy atom. The van der Waals surface area contributed by atoms with Gasteiger partial charge in [-0.1, -0.05) is 12.1 Å². The lowest BCUT2D eigenvalue weighted by Gasteiger charge is -2.30. The Hall–Kier alpha value is -2.48. The first-order chi connectivity index (χ1) is 11.0. The van der Waals surface area contributed by atoms with E-state index in [1.807, 2.05) is 0 Å². The number of primary amides is 1. The number of anilines is 1. The summed E-state index contributed by atoms with van der Waals surface area (Å²) in [5.74, 6) is -0.609. The highest BCUT2D eigenvalue weighted by molar-refractivity contribution is 5.93. The highest BCUT2D eigenvalue weighted by Crippen LogP contribution is 2.23. The van der Waals surface area contributed by atoms with Gasteiger partial charge in [-0.3, -0.25) is 19.7 Å². The van der Waals surface area contributed by atoms with Crippen molar-refractivity contribution < 1.29 is 14.5 Å². The largest absolute Gasteiger partial charge is 0.369 e. The Bertz CT molecular complexity index is 597. The van der Waals surface area contributed by atoms with Crippen molar-refractivity contribution in [2.75, 3.05) is 25.0 Å². The number of likely N-dealkylation sites (tertiary alicyclic amines) is 1. The van der Waals surface area contributed by atoms with Crippen molar-refractivity contribution in [3.63, 3.8) is 0 Å². The second kappa shape index (κ2) is 7.68. The van der Waals surface area contributed by atoms with Crippen molar-refractivity contribution in [3.8, 4) is 0 Å². The number of nitrogens with two attached hydrogens (primary N) is 1. The van der Waals surface area contributed by atoms with Gasteiger partial charge in [-0.05, 0) is 32.0 Å². The van der Waals surface area contributed by atoms with E-state index in [2.05, 4.69) is 10.2 Å². The molecular weight excluding hydrogens is 300 g/mol. The number of nitrogens with zero attached hydrogens (tertiary/aromatic N) is 2. The molecule has 0 atom stereocenters. The molecule has 23 heavy (non-hydrogen) atoms. The Kier molecular flexibility index (Phi) is 5.64. The summed E-state index contributed by atoms with van der Waals surface area (Å²) in [6, 6.07) is 6.05. The number of hydrogen-bond donors (Lipinski definition) is 2. The van der Waals surface area contributed by atoms with Crippen molar-refractivity contribution in [2.24, 2.45) is 11.7 Å². The molecule has 1 fully saturated rings. The van der Waals surface area contributed by atoms with Gasteiger partial charge in [-0.15, -0.1) is 0 Å². The Labute approximate surface area is 133 Å². The molecule has 2 amide bonds. The minimum absolute atomic E-state index is 0.0768. The van der Waals surface area contributed by atoms with Crippen molar-refractivity contribution in [3.05, 3.63) is 34.4 Å². The number of nitro benzene ring substituents is 1. The molecular formula is C15H20N4O4. The first kappa shape index (κ1) is 16.9. The quantitative estimate of drug-likeness (QED) is 0.601. The zero-order valence-electron chi connectivity index (χ0n) is 12.7. The monoisotopic (exact) mass is 320 g/mol. The van der Waals surface area contributed by atoms with Gasteiger partial charge in [-0.25, -0.2) is 0 Å². The molecule has 0 unspecified atom stereocenters. The minimum Gasteiger partial charge on any atom is -0.369 e. The van der Waals surface area contributed by atoms with Crippen LogP contribution in [0.15, 0.2) is 24.3 Å². The summed E-state index contributed by atoms with van der Waals surface area (Å²) in [5, 5.41) is 13.5. The van der Waals surface area contributed by atoms with E-state index in [-0.39, 0.29) is 35.5 Å². The summed E-state index contributed by atoms with van der Waals surface area (Å²) >= 11 is 0. The maximum Gasteiger partial charge on any atom is 0.292 e. The molecule has 0 spiro atoms. The molecule has 1 saturated heterocycles. The van der Waals surface area contributed by atoms with Gasteiger partial charge in [0.05, 0.1) is 4.92 Å². The average Bonchev–Trinajstić information content (AvgIpc) is 2.53. The van der Waals surface area contributed by atoms with Crippen LogP contribution in [0.25, 0.3) is 0 Å². The van der Waals surface area contributed by atoms with Gasteiger partial charge in [0, 0.05) is 24.9 Å². The number of para-hydroxylation sites is 2. The van der Waals surface area contributed by atoms with Crippen molar-refractivity contribution in [2.45, 2.75) is 19.3 Å². The van der Waals surface area contributed by atoms with Crippen LogP contribution >= 0.6 is 0 Å². The van der Waals surface area contributed by atoms with E-state index in [9.17, 15) is 19.7 Å². The number of piperidine rings is 1. The standard InChI is InChI=1S/C15H20N4O4/c16-15(21)11-5-8-18(9-6-11)10-7-14(20)17-12-3-1-2-4-13(12)19(22)23/h1-4,11H,5-10H2,(H2,16,21)(H,17,20). The molecule has 1 aromatic carbocycles. The molecule has 8 heteroatoms. The predicted octanol–water partition coefficient (Wildman–Crippen LogP) is 1.12. The van der Waals surface area contributed by atoms with Crippen molar-refractivity contribution in [1.82, 2.24) is 4.90 Å². The molecule has 0 aromatic heterocycles. The molecule has 124 valence electrons. The van der Waals surface area contributed by atoms with Gasteiger partial charge in [0.2, 0.25) is 11.8 Å². The molecule has 3 N–H and O–H groups in total. The molecule has 0 radical (unpaired) electrons. The maximum absolute atomic E-state index is 12.0. The molecule has 2 rings (SSSR count). The SMILES string of the molecule is NC(=O)C1CCN(CCC(=O)Nc2ccccc2[N+](=O)[O-])CC1. The fourth-order valence-corrected chi connectivity index (χ4v) is 2.65. The number of rotatable bonds is 6. The van der Waals surface area contributed by atoms with Gasteiger partial charge in [0.1, 0.15) is 5.69 Å². The van der Waals surface area contributed by atoms with E-state index in [4.69, 9.17) is 5.73 Å². The zero-order valence-corrected chi connectivity index (χ0v) is 12.7. The molecule has 1 aliphatic rings. The molecule has 1 aromatic rings. The molecule has 0 aliphatic carbocycles. The topological polar surface area (TPSA) is 119 Å². The third-order valence-electron chi connectivity index (χ3n) is 4.02. The normalized spacial score (nSPS) is 16.0. The summed E-state index contributed by atoms with van der Waals surface area (Å²) in [4.78, 5) is 35.5. The second-order valence-electron chi connectivity index (χ2n) is 5.59. The number of nitrogens with one attached hydrogen (secondary N) is 1. The van der Waals surface area contributed by atoms with Crippen LogP contribution in [0.3, 0.4) is 0 Å². The molecule has 1 aliphatic heterocycles. The number of carbonyl (C=O) groups is 2. The first-order valence-corrected chi connectivity index (χ1v) is 7.52. The lowest BCUT2D eigenvalue weighted by Crippen LogP contribution is -2.39. The summed E-state index contributed by atoms with van der Waals surface area (Å²) in [6.07, 6.45) is 1.66. The van der Waals surface area contributed by atoms with E-state index in [1.54, 1.807) is 12.1 Å². The summed E-state index contributed by atoms with van der Waals surface area (Å²) in [7, 11) is 0. The number of nitro groups is 1. The van der Waals surface area contributed by atoms with Gasteiger partial charge < -0.3 is 16.0 Å². The van der Waals surface area contributed by atoms with Crippen LogP contribution in [0.5, 0.6) is 0 Å². The Balaban J connectivity index is 1.80. The average molecular weight is 320 g/mol. The summed E-state index contributed by atoms with van der Waals surface area (Å²) in [6.45, 7) is 2.01. The van der Waals surface area contributed by atoms with Crippen LogP contribution in [0.1, 0.15) is 19.3 Å². The number of carbonyl (C=O) groups excluding carboxylic acids is 2. The van der Waals surface area contributed by atoms with Crippen LogP contribution in [0, 0.1) is 16.0 Å². The Morgan fingerprint density at radius 2 is 1.96 bits per heavy atom.